The van der Waals surface area contributed by atoms with Crippen molar-refractivity contribution in [1.82, 2.24) is 15.3 Å². The van der Waals surface area contributed by atoms with Gasteiger partial charge in [-0.3, -0.25) is 9.78 Å². The monoisotopic (exact) mass is 432 g/mol. The highest BCUT2D eigenvalue weighted by molar-refractivity contribution is 7.22. The number of anilines is 1. The number of aromatic nitrogens is 2. The second-order valence-corrected chi connectivity index (χ2v) is 8.33. The molecule has 0 fully saturated rings. The summed E-state index contributed by atoms with van der Waals surface area (Å²) in [6, 6.07) is 16.9. The van der Waals surface area contributed by atoms with Gasteiger partial charge in [-0.05, 0) is 29.3 Å². The highest BCUT2D eigenvalue weighted by Gasteiger charge is 2.31. The lowest BCUT2D eigenvalue weighted by Crippen LogP contribution is -2.20. The van der Waals surface area contributed by atoms with Crippen molar-refractivity contribution < 1.29 is 14.6 Å². The fourth-order valence-corrected chi connectivity index (χ4v) is 4.71. The van der Waals surface area contributed by atoms with E-state index in [1.807, 2.05) is 36.4 Å². The molecule has 2 aromatic carbocycles. The van der Waals surface area contributed by atoms with Crippen LogP contribution in [0.3, 0.4) is 0 Å². The summed E-state index contributed by atoms with van der Waals surface area (Å²) < 4.78 is 6.89. The van der Waals surface area contributed by atoms with Crippen molar-refractivity contribution in [1.29, 1.82) is 0 Å². The lowest BCUT2D eigenvalue weighted by molar-refractivity contribution is 0.0958. The third kappa shape index (κ3) is 3.83. The first kappa shape index (κ1) is 19.5. The molecule has 8 heteroatoms. The van der Waals surface area contributed by atoms with E-state index in [2.05, 4.69) is 26.7 Å². The molecule has 0 aliphatic heterocycles. The maximum absolute atomic E-state index is 11.8. The first-order chi connectivity index (χ1) is 15.1. The fourth-order valence-electron chi connectivity index (χ4n) is 3.77. The molecule has 1 amide bonds. The predicted octanol–water partition coefficient (Wildman–Crippen LogP) is 3.91. The summed E-state index contributed by atoms with van der Waals surface area (Å²) in [6.07, 6.45) is 1.70. The van der Waals surface area contributed by atoms with Crippen molar-refractivity contribution in [3.63, 3.8) is 0 Å². The van der Waals surface area contributed by atoms with Gasteiger partial charge in [0.2, 0.25) is 0 Å². The van der Waals surface area contributed by atoms with Crippen molar-refractivity contribution in [2.45, 2.75) is 18.6 Å². The van der Waals surface area contributed by atoms with E-state index in [-0.39, 0.29) is 11.9 Å². The molecule has 2 atom stereocenters. The summed E-state index contributed by atoms with van der Waals surface area (Å²) >= 11 is 1.51. The van der Waals surface area contributed by atoms with Crippen LogP contribution >= 0.6 is 11.3 Å². The van der Waals surface area contributed by atoms with E-state index in [0.29, 0.717) is 23.6 Å². The van der Waals surface area contributed by atoms with Gasteiger partial charge in [-0.25, -0.2) is 4.98 Å². The molecule has 0 saturated carbocycles. The van der Waals surface area contributed by atoms with Gasteiger partial charge in [0.05, 0.1) is 22.4 Å². The third-order valence-corrected chi connectivity index (χ3v) is 6.22. The van der Waals surface area contributed by atoms with Crippen LogP contribution in [-0.2, 0) is 6.42 Å². The molecular weight excluding hydrogens is 412 g/mol. The lowest BCUT2D eigenvalue weighted by atomic mass is 10.1. The molecule has 0 spiro atoms. The van der Waals surface area contributed by atoms with Gasteiger partial charge in [0, 0.05) is 31.8 Å². The Bertz CT molecular complexity index is 1270. The molecule has 0 radical (unpaired) electrons. The van der Waals surface area contributed by atoms with E-state index in [0.717, 1.165) is 26.5 Å². The second-order valence-electron chi connectivity index (χ2n) is 7.30. The Morgan fingerprint density at radius 3 is 2.87 bits per heavy atom. The van der Waals surface area contributed by atoms with Crippen molar-refractivity contribution in [2.24, 2.45) is 0 Å². The van der Waals surface area contributed by atoms with E-state index >= 15 is 0 Å². The number of aliphatic hydroxyl groups is 1. The quantitative estimate of drug-likeness (QED) is 0.442. The van der Waals surface area contributed by atoms with Gasteiger partial charge in [0.1, 0.15) is 17.2 Å². The van der Waals surface area contributed by atoms with Gasteiger partial charge in [0.15, 0.2) is 5.13 Å². The number of rotatable bonds is 5. The zero-order valence-corrected chi connectivity index (χ0v) is 17.5. The predicted molar refractivity (Wildman–Crippen MR) is 120 cm³/mol. The molecule has 0 bridgehead atoms. The molecular formula is C23H20N4O3S. The van der Waals surface area contributed by atoms with Crippen LogP contribution in [0.4, 0.5) is 5.13 Å². The summed E-state index contributed by atoms with van der Waals surface area (Å²) in [6.45, 7) is 0. The van der Waals surface area contributed by atoms with E-state index in [1.165, 1.54) is 17.5 Å². The van der Waals surface area contributed by atoms with Crippen LogP contribution in [0, 0.1) is 0 Å². The molecule has 3 N–H and O–H groups in total. The van der Waals surface area contributed by atoms with Crippen molar-refractivity contribution in [2.75, 3.05) is 12.4 Å². The number of aliphatic hydroxyl groups excluding tert-OH is 1. The molecule has 1 aliphatic carbocycles. The highest BCUT2D eigenvalue weighted by Crippen LogP contribution is 2.37. The van der Waals surface area contributed by atoms with E-state index < -0.39 is 6.10 Å². The van der Waals surface area contributed by atoms with Gasteiger partial charge in [0.25, 0.3) is 5.91 Å². The molecule has 4 aromatic rings. The number of nitrogens with one attached hydrogen (secondary N) is 2. The fraction of sp³-hybridized carbons (Fsp3) is 0.174. The Balaban J connectivity index is 1.37. The summed E-state index contributed by atoms with van der Waals surface area (Å²) in [5.41, 5.74) is 3.42. The van der Waals surface area contributed by atoms with Crippen LogP contribution in [0.2, 0.25) is 0 Å². The Labute approximate surface area is 182 Å². The number of carbonyl (C=O) groups excluding carboxylic acids is 1. The normalized spacial score (nSPS) is 17.4. The summed E-state index contributed by atoms with van der Waals surface area (Å²) in [4.78, 5) is 20.5. The molecule has 5 rings (SSSR count). The maximum Gasteiger partial charge on any atom is 0.269 e. The maximum atomic E-state index is 11.8. The molecule has 1 unspecified atom stereocenters. The minimum absolute atomic E-state index is 0.174. The number of nitrogens with zero attached hydrogens (tertiary/aromatic N) is 2. The number of benzene rings is 2. The number of thiazole rings is 1. The van der Waals surface area contributed by atoms with Crippen molar-refractivity contribution >= 4 is 32.6 Å². The van der Waals surface area contributed by atoms with Crippen LogP contribution in [0.25, 0.3) is 10.2 Å². The van der Waals surface area contributed by atoms with Crippen LogP contribution in [0.1, 0.15) is 27.7 Å². The first-order valence-corrected chi connectivity index (χ1v) is 10.7. The van der Waals surface area contributed by atoms with Crippen molar-refractivity contribution in [3.8, 4) is 11.5 Å². The van der Waals surface area contributed by atoms with E-state index in [9.17, 15) is 9.90 Å². The summed E-state index contributed by atoms with van der Waals surface area (Å²) in [5.74, 6) is 0.902. The Morgan fingerprint density at radius 1 is 1.16 bits per heavy atom. The largest absolute Gasteiger partial charge is 0.457 e. The number of hydrogen-bond acceptors (Lipinski definition) is 7. The molecule has 156 valence electrons. The van der Waals surface area contributed by atoms with Gasteiger partial charge >= 0.3 is 0 Å². The van der Waals surface area contributed by atoms with Crippen LogP contribution in [0.15, 0.2) is 60.8 Å². The standard InChI is InChI=1S/C23H20N4O3S/c1-24-22(29)18-11-15(8-9-25-18)30-14-6-7-17-20(12-14)31-23(26-17)27-21-16-5-3-2-4-13(16)10-19(21)28/h2-9,11-12,19,21,28H,10H2,1H3,(H,24,29)(H,26,27)/t19-,21?/m0/s1. The van der Waals surface area contributed by atoms with Gasteiger partial charge in [-0.15, -0.1) is 0 Å². The molecule has 2 heterocycles. The zero-order valence-electron chi connectivity index (χ0n) is 16.7. The summed E-state index contributed by atoms with van der Waals surface area (Å²) in [7, 11) is 1.56. The minimum Gasteiger partial charge on any atom is -0.457 e. The number of amides is 1. The number of carbonyl (C=O) groups is 1. The number of hydrogen-bond donors (Lipinski definition) is 3. The van der Waals surface area contributed by atoms with Crippen LogP contribution < -0.4 is 15.4 Å². The van der Waals surface area contributed by atoms with Gasteiger partial charge < -0.3 is 20.5 Å². The van der Waals surface area contributed by atoms with E-state index in [4.69, 9.17) is 4.74 Å². The summed E-state index contributed by atoms with van der Waals surface area (Å²) in [5, 5.41) is 17.2. The Hall–Kier alpha value is -3.49. The molecule has 7 nitrogen and oxygen atoms in total. The third-order valence-electron chi connectivity index (χ3n) is 5.27. The smallest absolute Gasteiger partial charge is 0.269 e. The van der Waals surface area contributed by atoms with Gasteiger partial charge in [-0.2, -0.15) is 0 Å². The number of fused-ring (bicyclic) bond motifs is 2. The van der Waals surface area contributed by atoms with Gasteiger partial charge in [-0.1, -0.05) is 35.6 Å². The van der Waals surface area contributed by atoms with Crippen LogP contribution in [0.5, 0.6) is 11.5 Å². The topological polar surface area (TPSA) is 96.4 Å². The average Bonchev–Trinajstić information content (AvgIpc) is 3.33. The molecule has 2 aromatic heterocycles. The van der Waals surface area contributed by atoms with Crippen LogP contribution in [-0.4, -0.2) is 34.1 Å². The first-order valence-electron chi connectivity index (χ1n) is 9.90. The zero-order chi connectivity index (χ0) is 21.4. The Morgan fingerprint density at radius 2 is 2.00 bits per heavy atom. The van der Waals surface area contributed by atoms with E-state index in [1.54, 1.807) is 19.2 Å². The van der Waals surface area contributed by atoms with Crippen molar-refractivity contribution in [3.05, 3.63) is 77.6 Å². The number of ether oxygens (including phenoxy) is 1. The SMILES string of the molecule is CNC(=O)c1cc(Oc2ccc3nc(NC4c5ccccc5C[C@@H]4O)sc3c2)ccn1. The molecule has 0 saturated heterocycles. The number of pyridine rings is 1. The highest BCUT2D eigenvalue weighted by atomic mass is 32.1. The molecule has 31 heavy (non-hydrogen) atoms. The molecule has 1 aliphatic rings. The average molecular weight is 433 g/mol. The lowest BCUT2D eigenvalue weighted by Gasteiger charge is -2.16. The minimum atomic E-state index is -0.482. The Kier molecular flexibility index (Phi) is 5.01. The second kappa shape index (κ2) is 7.98.